The Morgan fingerprint density at radius 2 is 1.90 bits per heavy atom. The summed E-state index contributed by atoms with van der Waals surface area (Å²) in [6, 6.07) is 7.97. The van der Waals surface area contributed by atoms with Gasteiger partial charge in [0.1, 0.15) is 5.78 Å². The van der Waals surface area contributed by atoms with E-state index in [4.69, 9.17) is 0 Å². The van der Waals surface area contributed by atoms with Crippen molar-refractivity contribution in [3.63, 3.8) is 0 Å². The molecule has 3 aromatic rings. The Hall–Kier alpha value is -2.81. The van der Waals surface area contributed by atoms with Crippen molar-refractivity contribution in [3.8, 4) is 10.4 Å². The SMILES string of the molecule is O=C(Cc1cc2cc(-c3cncs3)ccc2cn1)C1CC2(C1)CN(C(=O)C(F)(F)F)C2. The predicted molar refractivity (Wildman–Crippen MR) is 109 cm³/mol. The molecule has 9 heteroatoms. The van der Waals surface area contributed by atoms with Gasteiger partial charge in [-0.2, -0.15) is 13.2 Å². The van der Waals surface area contributed by atoms with Crippen molar-refractivity contribution in [1.82, 2.24) is 14.9 Å². The largest absolute Gasteiger partial charge is 0.471 e. The molecule has 3 heterocycles. The summed E-state index contributed by atoms with van der Waals surface area (Å²) in [6.07, 6.45) is 0.0129. The maximum atomic E-state index is 12.7. The Kier molecular flexibility index (Phi) is 4.62. The van der Waals surface area contributed by atoms with Gasteiger partial charge >= 0.3 is 12.1 Å². The van der Waals surface area contributed by atoms with Crippen molar-refractivity contribution in [3.05, 3.63) is 47.9 Å². The zero-order valence-electron chi connectivity index (χ0n) is 16.4. The first-order valence-corrected chi connectivity index (χ1v) is 10.8. The molecule has 0 bridgehead atoms. The van der Waals surface area contributed by atoms with Crippen molar-refractivity contribution in [2.24, 2.45) is 11.3 Å². The van der Waals surface area contributed by atoms with Crippen molar-refractivity contribution in [2.75, 3.05) is 13.1 Å². The van der Waals surface area contributed by atoms with Gasteiger partial charge in [-0.05, 0) is 35.9 Å². The van der Waals surface area contributed by atoms with Crippen LogP contribution in [0.5, 0.6) is 0 Å². The van der Waals surface area contributed by atoms with E-state index in [1.54, 1.807) is 23.0 Å². The number of thiazole rings is 1. The fraction of sp³-hybridized carbons (Fsp3) is 0.364. The van der Waals surface area contributed by atoms with Crippen LogP contribution in [0.1, 0.15) is 18.5 Å². The first kappa shape index (κ1) is 20.1. The topological polar surface area (TPSA) is 63.2 Å². The quantitative estimate of drug-likeness (QED) is 0.602. The van der Waals surface area contributed by atoms with Crippen molar-refractivity contribution >= 4 is 33.8 Å². The van der Waals surface area contributed by atoms with Crippen LogP contribution in [0.15, 0.2) is 42.2 Å². The van der Waals surface area contributed by atoms with E-state index >= 15 is 0 Å². The molecule has 1 saturated carbocycles. The van der Waals surface area contributed by atoms with Gasteiger partial charge in [-0.3, -0.25) is 19.6 Å². The van der Waals surface area contributed by atoms with E-state index < -0.39 is 12.1 Å². The molecule has 2 aliphatic rings. The van der Waals surface area contributed by atoms with E-state index in [2.05, 4.69) is 16.0 Å². The number of carbonyl (C=O) groups is 2. The van der Waals surface area contributed by atoms with Crippen LogP contribution < -0.4 is 0 Å². The van der Waals surface area contributed by atoms with Gasteiger partial charge in [-0.15, -0.1) is 11.3 Å². The second-order valence-electron chi connectivity index (χ2n) is 8.51. The molecule has 2 fully saturated rings. The fourth-order valence-corrected chi connectivity index (χ4v) is 5.30. The first-order valence-electron chi connectivity index (χ1n) is 9.89. The Morgan fingerprint density at radius 3 is 2.58 bits per heavy atom. The van der Waals surface area contributed by atoms with Crippen LogP contribution in [-0.4, -0.2) is 45.8 Å². The number of halogens is 3. The molecule has 2 aromatic heterocycles. The van der Waals surface area contributed by atoms with Crippen LogP contribution in [-0.2, 0) is 16.0 Å². The lowest BCUT2D eigenvalue weighted by Crippen LogP contribution is -2.66. The highest BCUT2D eigenvalue weighted by Gasteiger charge is 2.58. The molecule has 5 rings (SSSR count). The number of likely N-dealkylation sites (tertiary alicyclic amines) is 1. The highest BCUT2D eigenvalue weighted by Crippen LogP contribution is 2.53. The van der Waals surface area contributed by atoms with Gasteiger partial charge in [0, 0.05) is 54.3 Å². The normalized spacial score (nSPS) is 18.1. The number of alkyl halides is 3. The maximum Gasteiger partial charge on any atom is 0.471 e. The average Bonchev–Trinajstić information content (AvgIpc) is 3.19. The van der Waals surface area contributed by atoms with Crippen molar-refractivity contribution in [1.29, 1.82) is 0 Å². The maximum absolute atomic E-state index is 12.7. The third-order valence-electron chi connectivity index (χ3n) is 6.25. The zero-order chi connectivity index (χ0) is 21.8. The van der Waals surface area contributed by atoms with Crippen molar-refractivity contribution < 1.29 is 22.8 Å². The molecule has 1 aromatic carbocycles. The zero-order valence-corrected chi connectivity index (χ0v) is 17.2. The van der Waals surface area contributed by atoms with Crippen LogP contribution in [0.4, 0.5) is 13.2 Å². The number of Topliss-reactive ketones (excluding diaryl/α,β-unsaturated/α-hetero) is 1. The molecule has 31 heavy (non-hydrogen) atoms. The number of benzene rings is 1. The number of pyridine rings is 1. The van der Waals surface area contributed by atoms with Gasteiger partial charge < -0.3 is 4.90 Å². The lowest BCUT2D eigenvalue weighted by atomic mass is 9.56. The third-order valence-corrected chi connectivity index (χ3v) is 7.07. The predicted octanol–water partition coefficient (Wildman–Crippen LogP) is 4.27. The minimum absolute atomic E-state index is 0.0525. The summed E-state index contributed by atoms with van der Waals surface area (Å²) in [5.74, 6) is -1.91. The number of rotatable bonds is 4. The number of hydrogen-bond acceptors (Lipinski definition) is 5. The standard InChI is InChI=1S/C22H18F3N3O2S/c23-22(24,25)20(30)28-10-21(11-28)6-16(7-21)18(29)5-17-4-15-3-13(19-9-26-12-31-19)1-2-14(15)8-27-17/h1-4,8-9,12,16H,5-7,10-11H2. The Balaban J connectivity index is 1.21. The molecule has 1 saturated heterocycles. The molecule has 1 aliphatic heterocycles. The number of nitrogens with zero attached hydrogens (tertiary/aromatic N) is 3. The molecule has 1 amide bonds. The van der Waals surface area contributed by atoms with E-state index in [0.29, 0.717) is 18.5 Å². The Labute approximate surface area is 179 Å². The molecule has 0 unspecified atom stereocenters. The molecule has 0 N–H and O–H groups in total. The monoisotopic (exact) mass is 445 g/mol. The third kappa shape index (κ3) is 3.71. The summed E-state index contributed by atoms with van der Waals surface area (Å²) in [5.41, 5.74) is 3.20. The molecule has 1 aliphatic carbocycles. The molecule has 0 radical (unpaired) electrons. The Bertz CT molecular complexity index is 1160. The molecule has 5 nitrogen and oxygen atoms in total. The van der Waals surface area contributed by atoms with Gasteiger partial charge in [0.05, 0.1) is 10.4 Å². The second kappa shape index (κ2) is 7.12. The minimum atomic E-state index is -4.83. The number of amides is 1. The second-order valence-corrected chi connectivity index (χ2v) is 9.40. The Morgan fingerprint density at radius 1 is 1.13 bits per heavy atom. The van der Waals surface area contributed by atoms with Crippen LogP contribution in [0.3, 0.4) is 0 Å². The number of ketones is 1. The minimum Gasteiger partial charge on any atom is -0.334 e. The lowest BCUT2D eigenvalue weighted by molar-refractivity contribution is -0.203. The highest BCUT2D eigenvalue weighted by atomic mass is 32.1. The summed E-state index contributed by atoms with van der Waals surface area (Å²) < 4.78 is 37.5. The molecule has 0 atom stereocenters. The molecular formula is C22H18F3N3O2S. The molecular weight excluding hydrogens is 427 g/mol. The smallest absolute Gasteiger partial charge is 0.334 e. The van der Waals surface area contributed by atoms with E-state index in [1.165, 1.54) is 0 Å². The average molecular weight is 445 g/mol. The van der Waals surface area contributed by atoms with Gasteiger partial charge in [-0.1, -0.05) is 12.1 Å². The van der Waals surface area contributed by atoms with Gasteiger partial charge in [-0.25, -0.2) is 0 Å². The van der Waals surface area contributed by atoms with Gasteiger partial charge in [0.2, 0.25) is 0 Å². The van der Waals surface area contributed by atoms with E-state index in [0.717, 1.165) is 26.1 Å². The summed E-state index contributed by atoms with van der Waals surface area (Å²) in [6.45, 7) is 0.174. The van der Waals surface area contributed by atoms with Crippen molar-refractivity contribution in [2.45, 2.75) is 25.4 Å². The summed E-state index contributed by atoms with van der Waals surface area (Å²) in [4.78, 5) is 34.3. The molecule has 160 valence electrons. The van der Waals surface area contributed by atoms with Crippen LogP contribution in [0.25, 0.3) is 21.2 Å². The fourth-order valence-electron chi connectivity index (χ4n) is 4.68. The van der Waals surface area contributed by atoms with Crippen LogP contribution >= 0.6 is 11.3 Å². The van der Waals surface area contributed by atoms with E-state index in [-0.39, 0.29) is 36.6 Å². The highest BCUT2D eigenvalue weighted by molar-refractivity contribution is 7.13. The van der Waals surface area contributed by atoms with Crippen LogP contribution in [0.2, 0.25) is 0 Å². The molecule has 1 spiro atoms. The number of hydrogen-bond donors (Lipinski definition) is 0. The van der Waals surface area contributed by atoms with E-state index in [9.17, 15) is 22.8 Å². The number of carbonyl (C=O) groups excluding carboxylic acids is 2. The summed E-state index contributed by atoms with van der Waals surface area (Å²) >= 11 is 1.56. The van der Waals surface area contributed by atoms with Gasteiger partial charge in [0.25, 0.3) is 0 Å². The van der Waals surface area contributed by atoms with Crippen LogP contribution in [0, 0.1) is 11.3 Å². The van der Waals surface area contributed by atoms with E-state index in [1.807, 2.05) is 24.4 Å². The summed E-state index contributed by atoms with van der Waals surface area (Å²) in [5, 5.41) is 1.98. The number of fused-ring (bicyclic) bond motifs is 1. The number of aromatic nitrogens is 2. The lowest BCUT2D eigenvalue weighted by Gasteiger charge is -2.58. The first-order chi connectivity index (χ1) is 14.7. The summed E-state index contributed by atoms with van der Waals surface area (Å²) in [7, 11) is 0. The van der Waals surface area contributed by atoms with Gasteiger partial charge in [0.15, 0.2) is 0 Å².